The summed E-state index contributed by atoms with van der Waals surface area (Å²) in [5, 5.41) is 6.38. The fourth-order valence-corrected chi connectivity index (χ4v) is 4.50. The molecule has 0 aliphatic carbocycles. The molecule has 0 radical (unpaired) electrons. The molecule has 0 spiro atoms. The third-order valence-electron chi connectivity index (χ3n) is 6.06. The normalized spacial score (nSPS) is 30.6. The molecule has 0 aromatic carbocycles. The second-order valence-electron chi connectivity index (χ2n) is 8.03. The molecule has 3 rings (SSSR count). The number of carbonyl (C=O) groups is 2. The van der Waals surface area contributed by atoms with Gasteiger partial charge in [-0.25, -0.2) is 0 Å². The Balaban J connectivity index is 1.36. The predicted molar refractivity (Wildman–Crippen MR) is 98.2 cm³/mol. The van der Waals surface area contributed by atoms with Crippen LogP contribution in [0.4, 0.5) is 0 Å². The summed E-state index contributed by atoms with van der Waals surface area (Å²) in [6.45, 7) is 7.76. The molecular formula is C19H34N4O2. The van der Waals surface area contributed by atoms with Crippen LogP contribution in [0.3, 0.4) is 0 Å². The van der Waals surface area contributed by atoms with Gasteiger partial charge in [0.05, 0.1) is 6.04 Å². The summed E-state index contributed by atoms with van der Waals surface area (Å²) >= 11 is 0. The molecule has 6 heteroatoms. The molecule has 3 saturated heterocycles. The second kappa shape index (κ2) is 8.99. The average molecular weight is 351 g/mol. The second-order valence-corrected chi connectivity index (χ2v) is 8.03. The van der Waals surface area contributed by atoms with E-state index in [2.05, 4.69) is 27.4 Å². The van der Waals surface area contributed by atoms with Crippen LogP contribution in [0.2, 0.25) is 0 Å². The quantitative estimate of drug-likeness (QED) is 0.749. The zero-order valence-electron chi connectivity index (χ0n) is 15.6. The third kappa shape index (κ3) is 5.17. The highest BCUT2D eigenvalue weighted by Crippen LogP contribution is 2.19. The van der Waals surface area contributed by atoms with Crippen LogP contribution in [0.1, 0.15) is 51.9 Å². The fourth-order valence-electron chi connectivity index (χ4n) is 4.50. The van der Waals surface area contributed by atoms with Gasteiger partial charge in [0, 0.05) is 38.6 Å². The van der Waals surface area contributed by atoms with Gasteiger partial charge in [0.1, 0.15) is 0 Å². The molecule has 0 aromatic rings. The highest BCUT2D eigenvalue weighted by Gasteiger charge is 2.27. The number of rotatable bonds is 6. The van der Waals surface area contributed by atoms with Crippen molar-refractivity contribution in [1.82, 2.24) is 20.4 Å². The van der Waals surface area contributed by atoms with Crippen LogP contribution in [0.15, 0.2) is 0 Å². The maximum absolute atomic E-state index is 12.4. The number of nitrogens with zero attached hydrogens (tertiary/aromatic N) is 2. The summed E-state index contributed by atoms with van der Waals surface area (Å²) in [4.78, 5) is 29.0. The van der Waals surface area contributed by atoms with Gasteiger partial charge in [0.15, 0.2) is 0 Å². The van der Waals surface area contributed by atoms with Crippen molar-refractivity contribution in [3.05, 3.63) is 0 Å². The van der Waals surface area contributed by atoms with Gasteiger partial charge in [-0.1, -0.05) is 0 Å². The molecule has 0 bridgehead atoms. The van der Waals surface area contributed by atoms with Crippen LogP contribution in [-0.4, -0.2) is 73.0 Å². The van der Waals surface area contributed by atoms with Crippen molar-refractivity contribution in [1.29, 1.82) is 0 Å². The number of likely N-dealkylation sites (tertiary alicyclic amines) is 2. The highest BCUT2D eigenvalue weighted by molar-refractivity contribution is 5.82. The number of hydrogen-bond donors (Lipinski definition) is 2. The first-order valence-electron chi connectivity index (χ1n) is 10.2. The monoisotopic (exact) mass is 350 g/mol. The largest absolute Gasteiger partial charge is 0.354 e. The van der Waals surface area contributed by atoms with E-state index in [-0.39, 0.29) is 11.9 Å². The molecule has 0 aromatic heterocycles. The molecule has 3 aliphatic rings. The van der Waals surface area contributed by atoms with Gasteiger partial charge in [0.25, 0.3) is 0 Å². The lowest BCUT2D eigenvalue weighted by Gasteiger charge is -2.33. The SMILES string of the molecule is CC1CCCN1C(=O)CCN1CCCC(CNC(=O)C2CCCN2)C1. The first-order valence-corrected chi connectivity index (χ1v) is 10.2. The number of carbonyl (C=O) groups excluding carboxylic acids is 2. The van der Waals surface area contributed by atoms with Crippen LogP contribution in [0.25, 0.3) is 0 Å². The molecule has 0 saturated carbocycles. The summed E-state index contributed by atoms with van der Waals surface area (Å²) in [7, 11) is 0. The van der Waals surface area contributed by atoms with Crippen LogP contribution in [-0.2, 0) is 9.59 Å². The molecule has 3 fully saturated rings. The molecular weight excluding hydrogens is 316 g/mol. The van der Waals surface area contributed by atoms with E-state index in [1.807, 2.05) is 0 Å². The van der Waals surface area contributed by atoms with Crippen LogP contribution < -0.4 is 10.6 Å². The minimum absolute atomic E-state index is 0.0137. The molecule has 3 heterocycles. The zero-order chi connectivity index (χ0) is 17.6. The van der Waals surface area contributed by atoms with Gasteiger partial charge in [-0.15, -0.1) is 0 Å². The molecule has 25 heavy (non-hydrogen) atoms. The first-order chi connectivity index (χ1) is 12.1. The van der Waals surface area contributed by atoms with E-state index in [1.165, 1.54) is 6.42 Å². The van der Waals surface area contributed by atoms with Crippen molar-refractivity contribution in [2.75, 3.05) is 39.3 Å². The molecule has 3 unspecified atom stereocenters. The topological polar surface area (TPSA) is 64.7 Å². The van der Waals surface area contributed by atoms with Gasteiger partial charge in [-0.3, -0.25) is 9.59 Å². The number of hydrogen-bond acceptors (Lipinski definition) is 4. The van der Waals surface area contributed by atoms with E-state index in [0.29, 0.717) is 24.3 Å². The standard InChI is InChI=1S/C19H34N4O2/c1-15-5-3-11-23(15)18(24)8-12-22-10-4-6-16(14-22)13-21-19(25)17-7-2-9-20-17/h15-17,20H,2-14H2,1H3,(H,21,25). The molecule has 2 amide bonds. The summed E-state index contributed by atoms with van der Waals surface area (Å²) in [5.41, 5.74) is 0. The zero-order valence-corrected chi connectivity index (χ0v) is 15.6. The Kier molecular flexibility index (Phi) is 6.70. The molecule has 2 N–H and O–H groups in total. The lowest BCUT2D eigenvalue weighted by Crippen LogP contribution is -2.46. The van der Waals surface area contributed by atoms with Gasteiger partial charge < -0.3 is 20.4 Å². The van der Waals surface area contributed by atoms with Crippen molar-refractivity contribution in [3.8, 4) is 0 Å². The molecule has 3 atom stereocenters. The van der Waals surface area contributed by atoms with E-state index in [0.717, 1.165) is 71.4 Å². The van der Waals surface area contributed by atoms with Gasteiger partial charge in [0.2, 0.25) is 11.8 Å². The average Bonchev–Trinajstić information content (AvgIpc) is 3.29. The van der Waals surface area contributed by atoms with E-state index in [9.17, 15) is 9.59 Å². The predicted octanol–water partition coefficient (Wildman–Crippen LogP) is 0.968. The number of nitrogens with one attached hydrogen (secondary N) is 2. The van der Waals surface area contributed by atoms with Gasteiger partial charge in [-0.05, 0) is 64.5 Å². The summed E-state index contributed by atoms with van der Waals surface area (Å²) in [5.74, 6) is 0.987. The number of amides is 2. The van der Waals surface area contributed by atoms with Crippen molar-refractivity contribution in [3.63, 3.8) is 0 Å². The minimum atomic E-state index is 0.0137. The maximum Gasteiger partial charge on any atom is 0.237 e. The highest BCUT2D eigenvalue weighted by atomic mass is 16.2. The Morgan fingerprint density at radius 1 is 1.12 bits per heavy atom. The molecule has 3 aliphatic heterocycles. The Morgan fingerprint density at radius 2 is 1.96 bits per heavy atom. The van der Waals surface area contributed by atoms with Gasteiger partial charge in [-0.2, -0.15) is 0 Å². The Labute approximate surface area is 151 Å². The van der Waals surface area contributed by atoms with Crippen molar-refractivity contribution in [2.24, 2.45) is 5.92 Å². The Morgan fingerprint density at radius 3 is 2.68 bits per heavy atom. The van der Waals surface area contributed by atoms with Crippen LogP contribution in [0, 0.1) is 5.92 Å². The lowest BCUT2D eigenvalue weighted by atomic mass is 9.97. The van der Waals surface area contributed by atoms with Crippen LogP contribution in [0.5, 0.6) is 0 Å². The van der Waals surface area contributed by atoms with E-state index in [1.54, 1.807) is 0 Å². The first kappa shape index (κ1) is 18.6. The Bertz CT molecular complexity index is 464. The van der Waals surface area contributed by atoms with E-state index >= 15 is 0 Å². The van der Waals surface area contributed by atoms with Crippen LogP contribution >= 0.6 is 0 Å². The Hall–Kier alpha value is -1.14. The maximum atomic E-state index is 12.4. The lowest BCUT2D eigenvalue weighted by molar-refractivity contribution is -0.132. The van der Waals surface area contributed by atoms with E-state index < -0.39 is 0 Å². The van der Waals surface area contributed by atoms with E-state index in [4.69, 9.17) is 0 Å². The third-order valence-corrected chi connectivity index (χ3v) is 6.06. The fraction of sp³-hybridized carbons (Fsp3) is 0.895. The molecule has 142 valence electrons. The smallest absolute Gasteiger partial charge is 0.237 e. The minimum Gasteiger partial charge on any atom is -0.354 e. The summed E-state index contributed by atoms with van der Waals surface area (Å²) in [6, 6.07) is 0.431. The summed E-state index contributed by atoms with van der Waals surface area (Å²) < 4.78 is 0. The summed E-state index contributed by atoms with van der Waals surface area (Å²) in [6.07, 6.45) is 7.32. The van der Waals surface area contributed by atoms with Crippen molar-refractivity contribution in [2.45, 2.75) is 64.0 Å². The van der Waals surface area contributed by atoms with Gasteiger partial charge >= 0.3 is 0 Å². The molecule has 6 nitrogen and oxygen atoms in total. The van der Waals surface area contributed by atoms with Crippen molar-refractivity contribution < 1.29 is 9.59 Å². The number of piperidine rings is 1. The van der Waals surface area contributed by atoms with Crippen molar-refractivity contribution >= 4 is 11.8 Å².